The Morgan fingerprint density at radius 1 is 1.26 bits per heavy atom. The van der Waals surface area contributed by atoms with Crippen LogP contribution in [0, 0.1) is 5.92 Å². The molecule has 1 N–H and O–H groups in total. The van der Waals surface area contributed by atoms with Gasteiger partial charge < -0.3 is 8.82 Å². The van der Waals surface area contributed by atoms with E-state index in [2.05, 4.69) is 9.71 Å². The van der Waals surface area contributed by atoms with Crippen LogP contribution in [-0.2, 0) is 22.7 Å². The van der Waals surface area contributed by atoms with Crippen LogP contribution >= 0.6 is 0 Å². The Morgan fingerprint density at radius 2 is 2.00 bits per heavy atom. The van der Waals surface area contributed by atoms with Gasteiger partial charge in [-0.25, -0.2) is 18.1 Å². The minimum absolute atomic E-state index is 0.0706. The molecule has 0 saturated carbocycles. The van der Waals surface area contributed by atoms with Crippen molar-refractivity contribution in [3.8, 4) is 11.1 Å². The number of hydrogen-bond donors (Lipinski definition) is 1. The summed E-state index contributed by atoms with van der Waals surface area (Å²) in [6.45, 7) is 3.34. The molecule has 0 aliphatic heterocycles. The molecule has 146 valence electrons. The van der Waals surface area contributed by atoms with Crippen molar-refractivity contribution >= 4 is 15.7 Å². The minimum Gasteiger partial charge on any atom is -0.472 e. The Labute approximate surface area is 154 Å². The highest BCUT2D eigenvalue weighted by atomic mass is 32.2. The summed E-state index contributed by atoms with van der Waals surface area (Å²) >= 11 is 0. The molecule has 0 radical (unpaired) electrons. The summed E-state index contributed by atoms with van der Waals surface area (Å²) < 4.78 is 72.8. The fourth-order valence-corrected chi connectivity index (χ4v) is 4.07. The summed E-state index contributed by atoms with van der Waals surface area (Å²) in [5, 5.41) is 0. The first-order chi connectivity index (χ1) is 12.5. The topological polar surface area (TPSA) is 76.6 Å². The van der Waals surface area contributed by atoms with Crippen molar-refractivity contribution in [2.75, 3.05) is 5.75 Å². The third-order valence-corrected chi connectivity index (χ3v) is 5.48. The Morgan fingerprint density at radius 3 is 2.59 bits per heavy atom. The van der Waals surface area contributed by atoms with E-state index in [4.69, 9.17) is 4.42 Å². The molecule has 0 amide bonds. The SMILES string of the molecule is CC(C)CS(=O)(=O)NCc1cn2cc(-c3ccoc3)cc(C(F)(F)F)c2n1. The molecule has 0 fully saturated rings. The summed E-state index contributed by atoms with van der Waals surface area (Å²) in [6, 6.07) is 2.55. The third kappa shape index (κ3) is 4.51. The van der Waals surface area contributed by atoms with Crippen molar-refractivity contribution in [3.05, 3.63) is 48.3 Å². The van der Waals surface area contributed by atoms with Crippen LogP contribution in [0.2, 0.25) is 0 Å². The Hall–Kier alpha value is -2.33. The van der Waals surface area contributed by atoms with Gasteiger partial charge in [-0.05, 0) is 18.1 Å². The van der Waals surface area contributed by atoms with Crippen LogP contribution in [0.1, 0.15) is 25.1 Å². The highest BCUT2D eigenvalue weighted by molar-refractivity contribution is 7.89. The van der Waals surface area contributed by atoms with Gasteiger partial charge >= 0.3 is 6.18 Å². The molecule has 0 bridgehead atoms. The van der Waals surface area contributed by atoms with Gasteiger partial charge in [0.05, 0.1) is 36.1 Å². The lowest BCUT2D eigenvalue weighted by Crippen LogP contribution is -2.28. The maximum atomic E-state index is 13.5. The smallest absolute Gasteiger partial charge is 0.420 e. The highest BCUT2D eigenvalue weighted by Gasteiger charge is 2.35. The maximum absolute atomic E-state index is 13.5. The zero-order chi connectivity index (χ0) is 19.8. The molecule has 6 nitrogen and oxygen atoms in total. The number of alkyl halides is 3. The van der Waals surface area contributed by atoms with Crippen LogP contribution in [0.5, 0.6) is 0 Å². The summed E-state index contributed by atoms with van der Waals surface area (Å²) in [5.74, 6) is -0.142. The largest absolute Gasteiger partial charge is 0.472 e. The second-order valence-electron chi connectivity index (χ2n) is 6.61. The molecule has 0 unspecified atom stereocenters. The minimum atomic E-state index is -4.61. The molecule has 27 heavy (non-hydrogen) atoms. The third-order valence-electron chi connectivity index (χ3n) is 3.79. The second kappa shape index (κ2) is 7.01. The van der Waals surface area contributed by atoms with E-state index < -0.39 is 21.8 Å². The quantitative estimate of drug-likeness (QED) is 0.684. The lowest BCUT2D eigenvalue weighted by molar-refractivity contribution is -0.136. The van der Waals surface area contributed by atoms with Crippen molar-refractivity contribution in [2.45, 2.75) is 26.6 Å². The summed E-state index contributed by atoms with van der Waals surface area (Å²) in [5.41, 5.74) is -0.189. The Balaban J connectivity index is 1.98. The van der Waals surface area contributed by atoms with E-state index in [1.807, 2.05) is 0 Å². The summed E-state index contributed by atoms with van der Waals surface area (Å²) in [7, 11) is -3.53. The van der Waals surface area contributed by atoms with Crippen LogP contribution in [-0.4, -0.2) is 23.6 Å². The molecule has 0 atom stereocenters. The zero-order valence-corrected chi connectivity index (χ0v) is 15.4. The van der Waals surface area contributed by atoms with E-state index in [1.54, 1.807) is 19.9 Å². The maximum Gasteiger partial charge on any atom is 0.420 e. The fraction of sp³-hybridized carbons (Fsp3) is 0.353. The molecule has 3 aromatic heterocycles. The molecule has 3 heterocycles. The molecule has 10 heteroatoms. The van der Waals surface area contributed by atoms with Crippen molar-refractivity contribution in [3.63, 3.8) is 0 Å². The van der Waals surface area contributed by atoms with Crippen LogP contribution in [0.25, 0.3) is 16.8 Å². The van der Waals surface area contributed by atoms with Gasteiger partial charge in [0.1, 0.15) is 5.65 Å². The van der Waals surface area contributed by atoms with Gasteiger partial charge in [-0.15, -0.1) is 0 Å². The number of furan rings is 1. The average molecular weight is 401 g/mol. The van der Waals surface area contributed by atoms with Gasteiger partial charge in [-0.1, -0.05) is 13.8 Å². The van der Waals surface area contributed by atoms with Crippen molar-refractivity contribution in [2.24, 2.45) is 5.92 Å². The Bertz CT molecular complexity index is 1040. The van der Waals surface area contributed by atoms with Gasteiger partial charge in [-0.3, -0.25) is 0 Å². The zero-order valence-electron chi connectivity index (χ0n) is 14.6. The first kappa shape index (κ1) is 19.4. The number of hydrogen-bond acceptors (Lipinski definition) is 4. The van der Waals surface area contributed by atoms with Crippen LogP contribution in [0.4, 0.5) is 13.2 Å². The molecule has 0 aliphatic rings. The van der Waals surface area contributed by atoms with Gasteiger partial charge in [0.2, 0.25) is 10.0 Å². The number of pyridine rings is 1. The number of nitrogens with one attached hydrogen (secondary N) is 1. The van der Waals surface area contributed by atoms with E-state index in [9.17, 15) is 21.6 Å². The molecular weight excluding hydrogens is 383 g/mol. The molecule has 3 aromatic rings. The monoisotopic (exact) mass is 401 g/mol. The normalized spacial score (nSPS) is 13.0. The van der Waals surface area contributed by atoms with Crippen LogP contribution in [0.15, 0.2) is 41.5 Å². The number of imidazole rings is 1. The molecule has 0 aromatic carbocycles. The van der Waals surface area contributed by atoms with Gasteiger partial charge in [-0.2, -0.15) is 13.2 Å². The number of nitrogens with zero attached hydrogens (tertiary/aromatic N) is 2. The predicted octanol–water partition coefficient (Wildman–Crippen LogP) is 3.69. The summed E-state index contributed by atoms with van der Waals surface area (Å²) in [4.78, 5) is 3.98. The lowest BCUT2D eigenvalue weighted by Gasteiger charge is -2.10. The summed E-state index contributed by atoms with van der Waals surface area (Å²) in [6.07, 6.45) is 0.982. The first-order valence-corrected chi connectivity index (χ1v) is 9.79. The second-order valence-corrected chi connectivity index (χ2v) is 8.46. The van der Waals surface area contributed by atoms with Gasteiger partial charge in [0.25, 0.3) is 0 Å². The number of sulfonamides is 1. The Kier molecular flexibility index (Phi) is 5.04. The molecular formula is C17H18F3N3O3S. The van der Waals surface area contributed by atoms with Gasteiger partial charge in [0.15, 0.2) is 0 Å². The molecule has 3 rings (SSSR count). The van der Waals surface area contributed by atoms with E-state index in [1.165, 1.54) is 29.3 Å². The standard InChI is InChI=1S/C17H18F3N3O3S/c1-11(2)10-27(24,25)21-6-14-8-23-7-13(12-3-4-26-9-12)5-15(16(23)22-14)17(18,19)20/h3-5,7-9,11,21H,6,10H2,1-2H3. The molecule has 0 spiro atoms. The molecule has 0 aliphatic carbocycles. The lowest BCUT2D eigenvalue weighted by atomic mass is 10.1. The van der Waals surface area contributed by atoms with E-state index >= 15 is 0 Å². The number of halogens is 3. The van der Waals surface area contributed by atoms with E-state index in [0.29, 0.717) is 11.1 Å². The van der Waals surface area contributed by atoms with Crippen molar-refractivity contribution < 1.29 is 26.0 Å². The average Bonchev–Trinajstić information content (AvgIpc) is 3.19. The molecule has 0 saturated heterocycles. The van der Waals surface area contributed by atoms with Crippen LogP contribution in [0.3, 0.4) is 0 Å². The van der Waals surface area contributed by atoms with E-state index in [0.717, 1.165) is 6.07 Å². The van der Waals surface area contributed by atoms with Gasteiger partial charge in [0, 0.05) is 23.5 Å². The van der Waals surface area contributed by atoms with E-state index in [-0.39, 0.29) is 29.6 Å². The highest BCUT2D eigenvalue weighted by Crippen LogP contribution is 2.35. The number of aromatic nitrogens is 2. The van der Waals surface area contributed by atoms with Crippen LogP contribution < -0.4 is 4.72 Å². The fourth-order valence-electron chi connectivity index (χ4n) is 2.71. The predicted molar refractivity (Wildman–Crippen MR) is 93.4 cm³/mol. The van der Waals surface area contributed by atoms with Crippen molar-refractivity contribution in [1.29, 1.82) is 0 Å². The number of rotatable bonds is 6. The van der Waals surface area contributed by atoms with Crippen molar-refractivity contribution in [1.82, 2.24) is 14.1 Å². The number of fused-ring (bicyclic) bond motifs is 1. The first-order valence-electron chi connectivity index (χ1n) is 8.14.